The van der Waals surface area contributed by atoms with E-state index in [1.807, 2.05) is 6.92 Å². The average molecular weight is 409 g/mol. The summed E-state index contributed by atoms with van der Waals surface area (Å²) in [6.07, 6.45) is 3.85. The lowest BCUT2D eigenvalue weighted by molar-refractivity contribution is -0.191. The zero-order chi connectivity index (χ0) is 22.3. The van der Waals surface area contributed by atoms with Crippen molar-refractivity contribution >= 4 is 6.15 Å². The molecule has 1 aliphatic rings. The monoisotopic (exact) mass is 408 g/mol. The lowest BCUT2D eigenvalue weighted by Crippen LogP contribution is -2.31. The van der Waals surface area contributed by atoms with Gasteiger partial charge in [0.25, 0.3) is 0 Å². The molecule has 6 nitrogen and oxygen atoms in total. The molecule has 1 heterocycles. The highest BCUT2D eigenvalue weighted by molar-refractivity contribution is 5.54. The second-order valence-corrected chi connectivity index (χ2v) is 8.90. The highest BCUT2D eigenvalue weighted by Gasteiger charge is 2.37. The van der Waals surface area contributed by atoms with Crippen LogP contribution in [0.25, 0.3) is 16.2 Å². The minimum absolute atomic E-state index is 0.0948. The Kier molecular flexibility index (Phi) is 8.50. The molecule has 6 heteroatoms. The van der Waals surface area contributed by atoms with Gasteiger partial charge in [-0.15, -0.1) is 0 Å². The molecule has 1 fully saturated rings. The molecular formula is C24H32N4O2. The Morgan fingerprint density at radius 3 is 2.27 bits per heavy atom. The van der Waals surface area contributed by atoms with Crippen LogP contribution in [0.15, 0.2) is 24.3 Å². The molecule has 0 radical (unpaired) electrons. The van der Waals surface area contributed by atoms with Gasteiger partial charge >= 0.3 is 6.15 Å². The Labute approximate surface area is 179 Å². The molecule has 1 aromatic heterocycles. The van der Waals surface area contributed by atoms with Crippen molar-refractivity contribution in [1.82, 2.24) is 15.2 Å². The molecule has 30 heavy (non-hydrogen) atoms. The fourth-order valence-corrected chi connectivity index (χ4v) is 4.93. The third-order valence-corrected chi connectivity index (χ3v) is 6.49. The summed E-state index contributed by atoms with van der Waals surface area (Å²) in [5.74, 6) is 4.55. The first-order valence-corrected chi connectivity index (χ1v) is 10.7. The lowest BCUT2D eigenvalue weighted by Gasteiger charge is -2.39. The van der Waals surface area contributed by atoms with Gasteiger partial charge in [0.05, 0.1) is 5.92 Å². The van der Waals surface area contributed by atoms with Crippen LogP contribution in [0, 0.1) is 37.2 Å². The van der Waals surface area contributed by atoms with Crippen LogP contribution in [-0.2, 0) is 9.59 Å². The number of aromatic nitrogens is 3. The van der Waals surface area contributed by atoms with E-state index in [0.717, 1.165) is 29.6 Å². The first kappa shape index (κ1) is 23.5. The number of rotatable bonds is 5. The summed E-state index contributed by atoms with van der Waals surface area (Å²) >= 11 is 0. The summed E-state index contributed by atoms with van der Waals surface area (Å²) < 4.78 is 0. The van der Waals surface area contributed by atoms with Crippen molar-refractivity contribution in [2.24, 2.45) is 23.7 Å². The summed E-state index contributed by atoms with van der Waals surface area (Å²) in [4.78, 5) is 24.9. The van der Waals surface area contributed by atoms with E-state index in [4.69, 9.17) is 21.1 Å². The maximum atomic E-state index is 8.12. The van der Waals surface area contributed by atoms with E-state index in [1.165, 1.54) is 18.4 Å². The molecule has 4 unspecified atom stereocenters. The lowest BCUT2D eigenvalue weighted by atomic mass is 9.66. The minimum atomic E-state index is -0.0948. The van der Waals surface area contributed by atoms with Gasteiger partial charge in [0.1, 0.15) is 5.82 Å². The first-order valence-electron chi connectivity index (χ1n) is 10.7. The van der Waals surface area contributed by atoms with Gasteiger partial charge in [-0.25, -0.2) is 11.6 Å². The molecule has 2 aromatic rings. The Hall–Kier alpha value is -2.77. The topological polar surface area (TPSA) is 80.1 Å². The van der Waals surface area contributed by atoms with Crippen molar-refractivity contribution in [1.29, 1.82) is 0 Å². The van der Waals surface area contributed by atoms with E-state index in [0.29, 0.717) is 17.8 Å². The van der Waals surface area contributed by atoms with Crippen LogP contribution in [0.2, 0.25) is 0 Å². The maximum Gasteiger partial charge on any atom is 0.373 e. The summed E-state index contributed by atoms with van der Waals surface area (Å²) in [6, 6.07) is 8.18. The van der Waals surface area contributed by atoms with Crippen LogP contribution >= 0.6 is 0 Å². The third-order valence-electron chi connectivity index (χ3n) is 6.49. The predicted molar refractivity (Wildman–Crippen MR) is 115 cm³/mol. The van der Waals surface area contributed by atoms with Gasteiger partial charge in [0.2, 0.25) is 6.04 Å². The smallest absolute Gasteiger partial charge is 0.313 e. The summed E-state index contributed by atoms with van der Waals surface area (Å²) in [5.41, 5.74) is 2.24. The number of H-pyrrole nitrogens is 1. The molecule has 0 aliphatic heterocycles. The van der Waals surface area contributed by atoms with Gasteiger partial charge in [0, 0.05) is 12.5 Å². The van der Waals surface area contributed by atoms with Crippen molar-refractivity contribution < 1.29 is 9.59 Å². The predicted octanol–water partition coefficient (Wildman–Crippen LogP) is 5.30. The SMILES string of the molecule is O=C=O.[C-]#[N+]C(C)C(CC1C(C)CC(C)CC1C)c1nc(-c2ccc(C)cc2)n[nH]1. The van der Waals surface area contributed by atoms with Crippen molar-refractivity contribution in [2.45, 2.75) is 65.8 Å². The van der Waals surface area contributed by atoms with Crippen LogP contribution in [0.4, 0.5) is 0 Å². The van der Waals surface area contributed by atoms with Crippen LogP contribution in [0.1, 0.15) is 64.3 Å². The molecule has 0 saturated heterocycles. The quantitative estimate of drug-likeness (QED) is 0.681. The number of nitrogens with one attached hydrogen (secondary N) is 1. The van der Waals surface area contributed by atoms with Crippen LogP contribution in [0.5, 0.6) is 0 Å². The van der Waals surface area contributed by atoms with Gasteiger partial charge < -0.3 is 4.85 Å². The second-order valence-electron chi connectivity index (χ2n) is 8.90. The molecule has 1 saturated carbocycles. The number of hydrogen-bond donors (Lipinski definition) is 1. The van der Waals surface area contributed by atoms with E-state index < -0.39 is 0 Å². The summed E-state index contributed by atoms with van der Waals surface area (Å²) in [6.45, 7) is 18.8. The molecular weight excluding hydrogens is 376 g/mol. The average Bonchev–Trinajstić information content (AvgIpc) is 3.18. The number of nitrogens with zero attached hydrogens (tertiary/aromatic N) is 3. The second kappa shape index (κ2) is 10.8. The van der Waals surface area contributed by atoms with Gasteiger partial charge in [-0.2, -0.15) is 14.7 Å². The van der Waals surface area contributed by atoms with E-state index in [-0.39, 0.29) is 18.1 Å². The van der Waals surface area contributed by atoms with Crippen molar-refractivity contribution in [3.8, 4) is 11.4 Å². The summed E-state index contributed by atoms with van der Waals surface area (Å²) in [5, 5.41) is 7.62. The third kappa shape index (κ3) is 5.87. The molecule has 0 bridgehead atoms. The zero-order valence-electron chi connectivity index (χ0n) is 18.6. The van der Waals surface area contributed by atoms with Gasteiger partial charge in [-0.1, -0.05) is 50.6 Å². The standard InChI is InChI=1S/C23H32N4.CO2/c1-14-7-9-19(10-8-14)22-25-23(27-26-22)21(18(5)24-6)13-20-16(3)11-15(2)12-17(20)4;2-1-3/h7-10,15-18,20-21H,11-13H2,1-5H3,(H,25,26,27);. The molecule has 1 N–H and O–H groups in total. The number of aryl methyl sites for hydroxylation is 1. The molecule has 1 aliphatic carbocycles. The van der Waals surface area contributed by atoms with E-state index in [1.54, 1.807) is 0 Å². The largest absolute Gasteiger partial charge is 0.373 e. The molecule has 0 spiro atoms. The van der Waals surface area contributed by atoms with Crippen molar-refractivity contribution in [3.63, 3.8) is 0 Å². The number of carbonyl (C=O) groups excluding carboxylic acids is 2. The van der Waals surface area contributed by atoms with Gasteiger partial charge in [-0.05, 0) is 49.9 Å². The molecule has 1 aromatic carbocycles. The van der Waals surface area contributed by atoms with Crippen molar-refractivity contribution in [3.05, 3.63) is 47.1 Å². The highest BCUT2D eigenvalue weighted by atomic mass is 16.2. The van der Waals surface area contributed by atoms with Gasteiger partial charge in [-0.3, -0.25) is 5.10 Å². The molecule has 0 amide bonds. The number of aromatic amines is 1. The Balaban J connectivity index is 0.00000101. The normalized spacial score (nSPS) is 25.2. The van der Waals surface area contributed by atoms with Gasteiger partial charge in [0.15, 0.2) is 5.82 Å². The minimum Gasteiger partial charge on any atom is -0.313 e. The van der Waals surface area contributed by atoms with E-state index in [9.17, 15) is 0 Å². The Bertz CT molecular complexity index is 865. The van der Waals surface area contributed by atoms with E-state index >= 15 is 0 Å². The van der Waals surface area contributed by atoms with Crippen LogP contribution < -0.4 is 0 Å². The molecule has 3 rings (SSSR count). The first-order chi connectivity index (χ1) is 14.3. The fourth-order valence-electron chi connectivity index (χ4n) is 4.93. The highest BCUT2D eigenvalue weighted by Crippen LogP contribution is 2.43. The fraction of sp³-hybridized carbons (Fsp3) is 0.583. The summed E-state index contributed by atoms with van der Waals surface area (Å²) in [7, 11) is 0. The van der Waals surface area contributed by atoms with Crippen LogP contribution in [-0.4, -0.2) is 27.4 Å². The maximum absolute atomic E-state index is 8.12. The van der Waals surface area contributed by atoms with Crippen LogP contribution in [0.3, 0.4) is 0 Å². The van der Waals surface area contributed by atoms with E-state index in [2.05, 4.69) is 67.0 Å². The Morgan fingerprint density at radius 2 is 1.73 bits per heavy atom. The number of hydrogen-bond acceptors (Lipinski definition) is 4. The zero-order valence-corrected chi connectivity index (χ0v) is 18.6. The molecule has 160 valence electrons. The molecule has 4 atom stereocenters. The van der Waals surface area contributed by atoms with Crippen molar-refractivity contribution in [2.75, 3.05) is 0 Å². The number of benzene rings is 1. The Morgan fingerprint density at radius 1 is 1.17 bits per heavy atom.